The number of rotatable bonds is 5. The summed E-state index contributed by atoms with van der Waals surface area (Å²) >= 11 is 0. The van der Waals surface area contributed by atoms with Crippen molar-refractivity contribution in [3.05, 3.63) is 18.3 Å². The minimum atomic E-state index is -0.754. The summed E-state index contributed by atoms with van der Waals surface area (Å²) in [5.74, 6) is 1.50. The van der Waals surface area contributed by atoms with Crippen molar-refractivity contribution in [1.29, 1.82) is 0 Å². The molecule has 0 radical (unpaired) electrons. The zero-order valence-electron chi connectivity index (χ0n) is 10.4. The molecule has 1 aromatic rings. The standard InChI is InChI=1S/C12H20N2O2/c1-5-16-10-7-6-8-13-11(10)14(4)9-12(2,3)15/h6-8,15H,5,9H2,1-4H3. The zero-order chi connectivity index (χ0) is 12.2. The first-order valence-corrected chi connectivity index (χ1v) is 5.45. The largest absolute Gasteiger partial charge is 0.490 e. The van der Waals surface area contributed by atoms with E-state index >= 15 is 0 Å². The van der Waals surface area contributed by atoms with Gasteiger partial charge in [0.15, 0.2) is 11.6 Å². The maximum Gasteiger partial charge on any atom is 0.171 e. The first kappa shape index (κ1) is 12.8. The predicted octanol–water partition coefficient (Wildman–Crippen LogP) is 1.69. The molecule has 1 N–H and O–H groups in total. The molecule has 4 nitrogen and oxygen atoms in total. The lowest BCUT2D eigenvalue weighted by Gasteiger charge is -2.27. The Hall–Kier alpha value is -1.29. The second kappa shape index (κ2) is 5.16. The second-order valence-electron chi connectivity index (χ2n) is 4.43. The molecule has 0 atom stereocenters. The van der Waals surface area contributed by atoms with E-state index in [1.165, 1.54) is 0 Å². The van der Waals surface area contributed by atoms with E-state index in [1.807, 2.05) is 31.0 Å². The van der Waals surface area contributed by atoms with Gasteiger partial charge < -0.3 is 14.7 Å². The first-order valence-electron chi connectivity index (χ1n) is 5.45. The third kappa shape index (κ3) is 3.70. The van der Waals surface area contributed by atoms with Crippen LogP contribution in [-0.4, -0.2) is 35.9 Å². The molecular formula is C12H20N2O2. The van der Waals surface area contributed by atoms with Crippen LogP contribution in [0.4, 0.5) is 5.82 Å². The number of nitrogens with zero attached hydrogens (tertiary/aromatic N) is 2. The first-order chi connectivity index (χ1) is 7.44. The molecule has 0 aliphatic carbocycles. The summed E-state index contributed by atoms with van der Waals surface area (Å²) in [5, 5.41) is 9.76. The van der Waals surface area contributed by atoms with Gasteiger partial charge in [-0.2, -0.15) is 0 Å². The normalized spacial score (nSPS) is 11.3. The molecule has 1 aromatic heterocycles. The van der Waals surface area contributed by atoms with E-state index in [2.05, 4.69) is 4.98 Å². The molecule has 0 aliphatic rings. The molecule has 0 saturated carbocycles. The van der Waals surface area contributed by atoms with Crippen molar-refractivity contribution >= 4 is 5.82 Å². The van der Waals surface area contributed by atoms with Crippen LogP contribution < -0.4 is 9.64 Å². The van der Waals surface area contributed by atoms with E-state index in [4.69, 9.17) is 4.74 Å². The second-order valence-corrected chi connectivity index (χ2v) is 4.43. The van der Waals surface area contributed by atoms with E-state index in [1.54, 1.807) is 20.0 Å². The molecule has 4 heteroatoms. The van der Waals surface area contributed by atoms with E-state index < -0.39 is 5.60 Å². The Morgan fingerprint density at radius 1 is 1.50 bits per heavy atom. The van der Waals surface area contributed by atoms with E-state index in [0.717, 1.165) is 11.6 Å². The molecule has 0 spiro atoms. The third-order valence-corrected chi connectivity index (χ3v) is 2.04. The van der Waals surface area contributed by atoms with Crippen molar-refractivity contribution in [3.63, 3.8) is 0 Å². The molecule has 0 saturated heterocycles. The highest BCUT2D eigenvalue weighted by molar-refractivity contribution is 5.51. The fourth-order valence-electron chi connectivity index (χ4n) is 1.59. The van der Waals surface area contributed by atoms with E-state index in [9.17, 15) is 5.11 Å². The van der Waals surface area contributed by atoms with Gasteiger partial charge in [-0.3, -0.25) is 0 Å². The molecule has 0 bridgehead atoms. The lowest BCUT2D eigenvalue weighted by molar-refractivity contribution is 0.0883. The molecular weight excluding hydrogens is 204 g/mol. The predicted molar refractivity (Wildman–Crippen MR) is 65.0 cm³/mol. The lowest BCUT2D eigenvalue weighted by Crippen LogP contribution is -2.36. The molecule has 16 heavy (non-hydrogen) atoms. The number of likely N-dealkylation sites (N-methyl/N-ethyl adjacent to an activating group) is 1. The average Bonchev–Trinajstić information content (AvgIpc) is 2.16. The number of aliphatic hydroxyl groups is 1. The SMILES string of the molecule is CCOc1cccnc1N(C)CC(C)(C)O. The average molecular weight is 224 g/mol. The Labute approximate surface area is 96.9 Å². The van der Waals surface area contributed by atoms with Crippen LogP contribution in [0.1, 0.15) is 20.8 Å². The monoisotopic (exact) mass is 224 g/mol. The number of ether oxygens (including phenoxy) is 1. The third-order valence-electron chi connectivity index (χ3n) is 2.04. The Kier molecular flexibility index (Phi) is 4.12. The highest BCUT2D eigenvalue weighted by Gasteiger charge is 2.18. The van der Waals surface area contributed by atoms with Gasteiger partial charge in [-0.25, -0.2) is 4.98 Å². The van der Waals surface area contributed by atoms with Crippen LogP contribution in [0.3, 0.4) is 0 Å². The fraction of sp³-hybridized carbons (Fsp3) is 0.583. The van der Waals surface area contributed by atoms with Crippen molar-refractivity contribution in [2.75, 3.05) is 25.1 Å². The van der Waals surface area contributed by atoms with Gasteiger partial charge in [0.2, 0.25) is 0 Å². The Morgan fingerprint density at radius 2 is 2.19 bits per heavy atom. The molecule has 0 aliphatic heterocycles. The van der Waals surface area contributed by atoms with Gasteiger partial charge >= 0.3 is 0 Å². The maximum atomic E-state index is 9.76. The minimum Gasteiger partial charge on any atom is -0.490 e. The summed E-state index contributed by atoms with van der Waals surface area (Å²) < 4.78 is 5.49. The molecule has 1 rings (SSSR count). The van der Waals surface area contributed by atoms with Gasteiger partial charge in [-0.15, -0.1) is 0 Å². The van der Waals surface area contributed by atoms with Gasteiger partial charge in [0, 0.05) is 19.8 Å². The minimum absolute atomic E-state index is 0.504. The van der Waals surface area contributed by atoms with Gasteiger partial charge in [0.1, 0.15) is 0 Å². The summed E-state index contributed by atoms with van der Waals surface area (Å²) in [6.07, 6.45) is 1.72. The lowest BCUT2D eigenvalue weighted by atomic mass is 10.1. The topological polar surface area (TPSA) is 45.6 Å². The van der Waals surface area contributed by atoms with E-state index in [-0.39, 0.29) is 0 Å². The van der Waals surface area contributed by atoms with Crippen molar-refractivity contribution in [3.8, 4) is 5.75 Å². The van der Waals surface area contributed by atoms with Crippen molar-refractivity contribution in [2.45, 2.75) is 26.4 Å². The molecule has 0 amide bonds. The number of anilines is 1. The number of hydrogen-bond donors (Lipinski definition) is 1. The molecule has 0 fully saturated rings. The van der Waals surface area contributed by atoms with Crippen LogP contribution in [0.15, 0.2) is 18.3 Å². The van der Waals surface area contributed by atoms with Crippen LogP contribution >= 0.6 is 0 Å². The van der Waals surface area contributed by atoms with Crippen LogP contribution in [0, 0.1) is 0 Å². The zero-order valence-corrected chi connectivity index (χ0v) is 10.4. The van der Waals surface area contributed by atoms with Crippen LogP contribution in [0.25, 0.3) is 0 Å². The molecule has 0 unspecified atom stereocenters. The number of hydrogen-bond acceptors (Lipinski definition) is 4. The molecule has 90 valence electrons. The van der Waals surface area contributed by atoms with Gasteiger partial charge in [0.05, 0.1) is 12.2 Å². The van der Waals surface area contributed by atoms with Gasteiger partial charge in [0.25, 0.3) is 0 Å². The van der Waals surface area contributed by atoms with Gasteiger partial charge in [-0.1, -0.05) is 0 Å². The summed E-state index contributed by atoms with van der Waals surface area (Å²) in [5.41, 5.74) is -0.754. The Morgan fingerprint density at radius 3 is 2.75 bits per heavy atom. The molecule has 0 aromatic carbocycles. The van der Waals surface area contributed by atoms with Crippen molar-refractivity contribution in [1.82, 2.24) is 4.98 Å². The summed E-state index contributed by atoms with van der Waals surface area (Å²) in [4.78, 5) is 6.17. The van der Waals surface area contributed by atoms with Crippen molar-refractivity contribution < 1.29 is 9.84 Å². The smallest absolute Gasteiger partial charge is 0.171 e. The quantitative estimate of drug-likeness (QED) is 0.826. The summed E-state index contributed by atoms with van der Waals surface area (Å²) in [6, 6.07) is 3.72. The van der Waals surface area contributed by atoms with Crippen LogP contribution in [0.5, 0.6) is 5.75 Å². The van der Waals surface area contributed by atoms with Crippen molar-refractivity contribution in [2.24, 2.45) is 0 Å². The van der Waals surface area contributed by atoms with Crippen LogP contribution in [-0.2, 0) is 0 Å². The van der Waals surface area contributed by atoms with Crippen LogP contribution in [0.2, 0.25) is 0 Å². The highest BCUT2D eigenvalue weighted by Crippen LogP contribution is 2.25. The van der Waals surface area contributed by atoms with E-state index in [0.29, 0.717) is 13.2 Å². The number of aromatic nitrogens is 1. The maximum absolute atomic E-state index is 9.76. The number of pyridine rings is 1. The Balaban J connectivity index is 2.85. The highest BCUT2D eigenvalue weighted by atomic mass is 16.5. The van der Waals surface area contributed by atoms with Gasteiger partial charge in [-0.05, 0) is 32.9 Å². The summed E-state index contributed by atoms with van der Waals surface area (Å²) in [7, 11) is 1.89. The fourth-order valence-corrected chi connectivity index (χ4v) is 1.59. The Bertz CT molecular complexity index is 334. The molecule has 1 heterocycles. The summed E-state index contributed by atoms with van der Waals surface area (Å²) in [6.45, 7) is 6.59.